The number of aromatic nitrogens is 3. The van der Waals surface area contributed by atoms with E-state index < -0.39 is 0 Å². The number of carbonyl (C=O) groups is 1. The number of amides is 1. The lowest BCUT2D eigenvalue weighted by molar-refractivity contribution is 0.0704. The molecule has 0 bridgehead atoms. The third-order valence-corrected chi connectivity index (χ3v) is 5.36. The van der Waals surface area contributed by atoms with E-state index >= 15 is 0 Å². The number of piperidine rings is 1. The molecule has 1 aromatic carbocycles. The Morgan fingerprint density at radius 1 is 1.18 bits per heavy atom. The number of aryl methyl sites for hydroxylation is 1. The van der Waals surface area contributed by atoms with Gasteiger partial charge in [-0.1, -0.05) is 11.2 Å². The molecule has 1 aliphatic heterocycles. The largest absolute Gasteiger partial charge is 0.378 e. The molecule has 1 saturated heterocycles. The van der Waals surface area contributed by atoms with Gasteiger partial charge in [-0.2, -0.15) is 4.98 Å². The number of anilines is 1. The van der Waals surface area contributed by atoms with E-state index in [2.05, 4.69) is 10.1 Å². The molecule has 28 heavy (non-hydrogen) atoms. The van der Waals surface area contributed by atoms with Crippen LogP contribution in [0.25, 0.3) is 11.5 Å². The van der Waals surface area contributed by atoms with E-state index in [9.17, 15) is 4.79 Å². The van der Waals surface area contributed by atoms with Gasteiger partial charge in [0.05, 0.1) is 5.69 Å². The molecule has 1 fully saturated rings. The zero-order valence-electron chi connectivity index (χ0n) is 16.5. The smallest absolute Gasteiger partial charge is 0.253 e. The number of hydrogen-bond acceptors (Lipinski definition) is 5. The minimum atomic E-state index is 0.0807. The molecule has 0 atom stereocenters. The van der Waals surface area contributed by atoms with E-state index in [-0.39, 0.29) is 11.8 Å². The monoisotopic (exact) mass is 379 g/mol. The van der Waals surface area contributed by atoms with Gasteiger partial charge in [-0.25, -0.2) is 0 Å². The van der Waals surface area contributed by atoms with Crippen LogP contribution in [0.2, 0.25) is 0 Å². The average molecular weight is 379 g/mol. The molecule has 3 heterocycles. The lowest BCUT2D eigenvalue weighted by Gasteiger charge is -2.30. The standard InChI is InChI=1S/C21H25N5O2/c1-24(2)17-7-4-6-16(14-17)21(27)26-12-9-15(10-13-26)20-22-19(23-28-20)18-8-5-11-25(18)3/h4-8,11,14-15H,9-10,12-13H2,1-3H3. The summed E-state index contributed by atoms with van der Waals surface area (Å²) >= 11 is 0. The molecular formula is C21H25N5O2. The van der Waals surface area contributed by atoms with Crippen molar-refractivity contribution >= 4 is 11.6 Å². The number of nitrogens with zero attached hydrogens (tertiary/aromatic N) is 5. The Labute approximate surface area is 164 Å². The first kappa shape index (κ1) is 18.3. The number of carbonyl (C=O) groups excluding carboxylic acids is 1. The molecule has 0 aliphatic carbocycles. The van der Waals surface area contributed by atoms with Crippen LogP contribution in [0.1, 0.15) is 35.0 Å². The molecule has 1 aliphatic rings. The second-order valence-corrected chi connectivity index (χ2v) is 7.47. The third-order valence-electron chi connectivity index (χ3n) is 5.36. The molecule has 3 aromatic rings. The number of benzene rings is 1. The van der Waals surface area contributed by atoms with Crippen LogP contribution in [0.15, 0.2) is 47.1 Å². The van der Waals surface area contributed by atoms with Crippen molar-refractivity contribution in [1.82, 2.24) is 19.6 Å². The van der Waals surface area contributed by atoms with Gasteiger partial charge in [-0.3, -0.25) is 4.79 Å². The summed E-state index contributed by atoms with van der Waals surface area (Å²) in [5, 5.41) is 4.13. The maximum absolute atomic E-state index is 12.9. The number of rotatable bonds is 4. The van der Waals surface area contributed by atoms with Gasteiger partial charge in [0.15, 0.2) is 0 Å². The first-order valence-corrected chi connectivity index (χ1v) is 9.55. The van der Waals surface area contributed by atoms with Crippen molar-refractivity contribution < 1.29 is 9.32 Å². The van der Waals surface area contributed by atoms with Gasteiger partial charge in [0.1, 0.15) is 0 Å². The van der Waals surface area contributed by atoms with Crippen LogP contribution < -0.4 is 4.90 Å². The zero-order chi connectivity index (χ0) is 19.7. The van der Waals surface area contributed by atoms with Gasteiger partial charge in [0, 0.05) is 57.6 Å². The van der Waals surface area contributed by atoms with Crippen LogP contribution in [0.3, 0.4) is 0 Å². The minimum Gasteiger partial charge on any atom is -0.378 e. The summed E-state index contributed by atoms with van der Waals surface area (Å²) in [6, 6.07) is 11.7. The molecule has 7 nitrogen and oxygen atoms in total. The summed E-state index contributed by atoms with van der Waals surface area (Å²) in [6.45, 7) is 1.38. The summed E-state index contributed by atoms with van der Waals surface area (Å²) in [5.41, 5.74) is 2.69. The lowest BCUT2D eigenvalue weighted by atomic mass is 9.96. The summed E-state index contributed by atoms with van der Waals surface area (Å²) in [7, 11) is 5.91. The molecular weight excluding hydrogens is 354 g/mol. The van der Waals surface area contributed by atoms with Crippen LogP contribution in [0, 0.1) is 0 Å². The Bertz CT molecular complexity index is 967. The van der Waals surface area contributed by atoms with Crippen LogP contribution >= 0.6 is 0 Å². The van der Waals surface area contributed by atoms with Gasteiger partial charge >= 0.3 is 0 Å². The van der Waals surface area contributed by atoms with E-state index in [4.69, 9.17) is 4.52 Å². The van der Waals surface area contributed by atoms with Crippen LogP contribution in [-0.4, -0.2) is 52.7 Å². The van der Waals surface area contributed by atoms with Crippen molar-refractivity contribution in [3.05, 3.63) is 54.0 Å². The second kappa shape index (κ2) is 7.50. The van der Waals surface area contributed by atoms with Gasteiger partial charge in [-0.05, 0) is 43.2 Å². The highest BCUT2D eigenvalue weighted by Crippen LogP contribution is 2.29. The van der Waals surface area contributed by atoms with Crippen LogP contribution in [-0.2, 0) is 7.05 Å². The summed E-state index contributed by atoms with van der Waals surface area (Å²) in [5.74, 6) is 1.55. The van der Waals surface area contributed by atoms with E-state index in [1.165, 1.54) is 0 Å². The molecule has 2 aromatic heterocycles. The van der Waals surface area contributed by atoms with Crippen molar-refractivity contribution in [3.8, 4) is 11.5 Å². The Hall–Kier alpha value is -3.09. The second-order valence-electron chi connectivity index (χ2n) is 7.47. The SMILES string of the molecule is CN(C)c1cccc(C(=O)N2CCC(c3nc(-c4cccn4C)no3)CC2)c1. The van der Waals surface area contributed by atoms with Gasteiger partial charge in [0.2, 0.25) is 11.7 Å². The topological polar surface area (TPSA) is 67.4 Å². The summed E-state index contributed by atoms with van der Waals surface area (Å²) in [4.78, 5) is 21.4. The quantitative estimate of drug-likeness (QED) is 0.697. The minimum absolute atomic E-state index is 0.0807. The third kappa shape index (κ3) is 3.52. The first-order chi connectivity index (χ1) is 13.5. The Morgan fingerprint density at radius 2 is 1.96 bits per heavy atom. The predicted molar refractivity (Wildman–Crippen MR) is 107 cm³/mol. The highest BCUT2D eigenvalue weighted by molar-refractivity contribution is 5.95. The van der Waals surface area contributed by atoms with Gasteiger partial charge in [-0.15, -0.1) is 0 Å². The maximum atomic E-state index is 12.9. The van der Waals surface area contributed by atoms with Gasteiger partial charge < -0.3 is 18.9 Å². The van der Waals surface area contributed by atoms with E-state index in [1.807, 2.05) is 78.1 Å². The highest BCUT2D eigenvalue weighted by Gasteiger charge is 2.28. The molecule has 4 rings (SSSR count). The van der Waals surface area contributed by atoms with Gasteiger partial charge in [0.25, 0.3) is 5.91 Å². The van der Waals surface area contributed by atoms with Crippen LogP contribution in [0.4, 0.5) is 5.69 Å². The van der Waals surface area contributed by atoms with E-state index in [0.717, 1.165) is 29.8 Å². The van der Waals surface area contributed by atoms with E-state index in [1.54, 1.807) is 0 Å². The molecule has 0 N–H and O–H groups in total. The fraction of sp³-hybridized carbons (Fsp3) is 0.381. The highest BCUT2D eigenvalue weighted by atomic mass is 16.5. The fourth-order valence-electron chi connectivity index (χ4n) is 3.63. The summed E-state index contributed by atoms with van der Waals surface area (Å²) in [6.07, 6.45) is 3.61. The Balaban J connectivity index is 1.41. The van der Waals surface area contributed by atoms with E-state index in [0.29, 0.717) is 24.8 Å². The molecule has 0 radical (unpaired) electrons. The van der Waals surface area contributed by atoms with Crippen LogP contribution in [0.5, 0.6) is 0 Å². The number of likely N-dealkylation sites (tertiary alicyclic amines) is 1. The fourth-order valence-corrected chi connectivity index (χ4v) is 3.63. The molecule has 146 valence electrons. The van der Waals surface area contributed by atoms with Crippen molar-refractivity contribution in [2.24, 2.45) is 7.05 Å². The van der Waals surface area contributed by atoms with Crippen molar-refractivity contribution in [2.45, 2.75) is 18.8 Å². The Kier molecular flexibility index (Phi) is 4.90. The summed E-state index contributed by atoms with van der Waals surface area (Å²) < 4.78 is 7.49. The molecule has 7 heteroatoms. The van der Waals surface area contributed by atoms with Crippen molar-refractivity contribution in [2.75, 3.05) is 32.1 Å². The van der Waals surface area contributed by atoms with Crippen molar-refractivity contribution in [1.29, 1.82) is 0 Å². The Morgan fingerprint density at radius 3 is 2.64 bits per heavy atom. The lowest BCUT2D eigenvalue weighted by Crippen LogP contribution is -2.38. The first-order valence-electron chi connectivity index (χ1n) is 9.55. The zero-order valence-corrected chi connectivity index (χ0v) is 16.5. The normalized spacial score (nSPS) is 15.0. The maximum Gasteiger partial charge on any atom is 0.253 e. The predicted octanol–water partition coefficient (Wildman–Crippen LogP) is 3.16. The average Bonchev–Trinajstić information content (AvgIpc) is 3.36. The number of hydrogen-bond donors (Lipinski definition) is 0. The molecule has 0 spiro atoms. The molecule has 0 saturated carbocycles. The van der Waals surface area contributed by atoms with Crippen molar-refractivity contribution in [3.63, 3.8) is 0 Å². The molecule has 1 amide bonds. The molecule has 0 unspecified atom stereocenters.